The molecule has 62 heavy (non-hydrogen) atoms. The fourth-order valence-corrected chi connectivity index (χ4v) is 7.95. The van der Waals surface area contributed by atoms with Gasteiger partial charge in [-0.05, 0) is 91.4 Å². The first-order chi connectivity index (χ1) is 28.7. The Labute approximate surface area is 359 Å². The maximum atomic E-state index is 15.1. The van der Waals surface area contributed by atoms with Crippen LogP contribution in [0.15, 0.2) is 77.6 Å². The molecule has 0 aliphatic carbocycles. The Kier molecular flexibility index (Phi) is 12.4. The molecule has 0 bridgehead atoms. The highest BCUT2D eigenvalue weighted by Crippen LogP contribution is 2.40. The Bertz CT molecular complexity index is 2830. The Morgan fingerprint density at radius 2 is 1.56 bits per heavy atom. The highest BCUT2D eigenvalue weighted by atomic mass is 35.5. The van der Waals surface area contributed by atoms with Gasteiger partial charge in [-0.15, -0.1) is 0 Å². The number of carbonyl (C=O) groups excluding carboxylic acids is 1. The molecule has 2 heterocycles. The number of methoxy groups -OCH3 is 1. The lowest BCUT2D eigenvalue weighted by molar-refractivity contribution is -0.141. The number of halogens is 6. The van der Waals surface area contributed by atoms with Crippen molar-refractivity contribution in [1.29, 1.82) is 0 Å². The summed E-state index contributed by atoms with van der Waals surface area (Å²) < 4.78 is 113. The maximum absolute atomic E-state index is 15.1. The number of alkyl halides is 3. The van der Waals surface area contributed by atoms with Crippen molar-refractivity contribution in [2.24, 2.45) is 0 Å². The van der Waals surface area contributed by atoms with Crippen molar-refractivity contribution >= 4 is 55.3 Å². The van der Waals surface area contributed by atoms with Gasteiger partial charge in [-0.3, -0.25) is 14.0 Å². The number of hydrogen-bond acceptors (Lipinski definition) is 8. The normalized spacial score (nSPS) is 13.1. The van der Waals surface area contributed by atoms with Crippen LogP contribution in [0.3, 0.4) is 0 Å². The van der Waals surface area contributed by atoms with Crippen LogP contribution in [0.25, 0.3) is 27.5 Å². The van der Waals surface area contributed by atoms with Crippen LogP contribution in [0.5, 0.6) is 5.75 Å². The number of fused-ring (bicyclic) bond motifs is 2. The van der Waals surface area contributed by atoms with Gasteiger partial charge < -0.3 is 14.8 Å². The summed E-state index contributed by atoms with van der Waals surface area (Å²) in [4.78, 5) is 33.5. The minimum Gasteiger partial charge on any atom is -0.497 e. The van der Waals surface area contributed by atoms with Crippen molar-refractivity contribution in [3.05, 3.63) is 122 Å². The second-order valence-corrected chi connectivity index (χ2v) is 19.1. The Hall–Kier alpha value is -5.75. The molecule has 0 radical (unpaired) electrons. The summed E-state index contributed by atoms with van der Waals surface area (Å²) in [7, 11) is -2.87. The summed E-state index contributed by atoms with van der Waals surface area (Å²) in [6.45, 7) is 8.42. The van der Waals surface area contributed by atoms with Crippen molar-refractivity contribution in [1.82, 2.24) is 24.6 Å². The van der Waals surface area contributed by atoms with E-state index >= 15 is 4.79 Å². The van der Waals surface area contributed by atoms with Crippen molar-refractivity contribution in [2.75, 3.05) is 17.7 Å². The van der Waals surface area contributed by atoms with Crippen LogP contribution in [0.4, 0.5) is 32.6 Å². The molecule has 0 spiro atoms. The van der Waals surface area contributed by atoms with Gasteiger partial charge in [0.15, 0.2) is 5.82 Å². The highest BCUT2D eigenvalue weighted by Gasteiger charge is 2.35. The van der Waals surface area contributed by atoms with E-state index in [2.05, 4.69) is 10.4 Å². The van der Waals surface area contributed by atoms with E-state index in [9.17, 15) is 35.2 Å². The predicted octanol–water partition coefficient (Wildman–Crippen LogP) is 9.31. The summed E-state index contributed by atoms with van der Waals surface area (Å²) >= 11 is 6.79. The summed E-state index contributed by atoms with van der Waals surface area (Å²) in [5.74, 6) is -2.18. The molecule has 1 atom stereocenters. The number of rotatable bonds is 11. The number of aromatic nitrogens is 4. The standard InChI is InChI=1S/C43H44ClF5N6O6S/c1-41(2,3)26-11-14-30-32(20-26)50-37(33(51-40(57)61-42(4,5)6)19-25-17-27(45)21-28(46)18-25)55(39(30)56)34-16-15-31(44)35-36(34)53(23-43(47,48)49)52-38(35)54(62(8,58)59)22-24-9-12-29(60-7)13-10-24/h9-18,20-21,33H,19,22-23H2,1-8H3,(H,51,57)/t33-/m0/s1. The first-order valence-electron chi connectivity index (χ1n) is 19.1. The second-order valence-electron chi connectivity index (χ2n) is 16.8. The van der Waals surface area contributed by atoms with Crippen LogP contribution in [0.2, 0.25) is 5.02 Å². The van der Waals surface area contributed by atoms with Gasteiger partial charge in [-0.25, -0.2) is 31.3 Å². The molecule has 1 N–H and O–H groups in total. The van der Waals surface area contributed by atoms with E-state index in [4.69, 9.17) is 26.1 Å². The molecule has 1 amide bonds. The summed E-state index contributed by atoms with van der Waals surface area (Å²) in [6, 6.07) is 14.9. The number of anilines is 1. The molecule has 0 fully saturated rings. The van der Waals surface area contributed by atoms with Gasteiger partial charge in [-0.1, -0.05) is 50.6 Å². The average molecular weight is 903 g/mol. The zero-order valence-corrected chi connectivity index (χ0v) is 36.6. The number of nitrogens with zero attached hydrogens (tertiary/aromatic N) is 5. The highest BCUT2D eigenvalue weighted by molar-refractivity contribution is 7.92. The van der Waals surface area contributed by atoms with Gasteiger partial charge >= 0.3 is 12.3 Å². The average Bonchev–Trinajstić information content (AvgIpc) is 3.50. The van der Waals surface area contributed by atoms with Crippen molar-refractivity contribution in [3.8, 4) is 11.4 Å². The van der Waals surface area contributed by atoms with Gasteiger partial charge in [0.25, 0.3) is 5.56 Å². The van der Waals surface area contributed by atoms with Gasteiger partial charge in [-0.2, -0.15) is 18.3 Å². The molecule has 0 unspecified atom stereocenters. The van der Waals surface area contributed by atoms with Crippen molar-refractivity contribution in [2.45, 2.75) is 84.3 Å². The molecule has 19 heteroatoms. The number of ether oxygens (including phenoxy) is 2. The lowest BCUT2D eigenvalue weighted by Crippen LogP contribution is -2.39. The van der Waals surface area contributed by atoms with Crippen molar-refractivity contribution in [3.63, 3.8) is 0 Å². The third-order valence-electron chi connectivity index (χ3n) is 9.62. The minimum atomic E-state index is -4.94. The molecule has 0 saturated carbocycles. The molecule has 4 aromatic carbocycles. The van der Waals surface area contributed by atoms with E-state index in [1.54, 1.807) is 57.2 Å². The molecule has 2 aromatic heterocycles. The van der Waals surface area contributed by atoms with E-state index in [-0.39, 0.29) is 38.4 Å². The number of amides is 1. The zero-order valence-electron chi connectivity index (χ0n) is 35.0. The van der Waals surface area contributed by atoms with E-state index < -0.39 is 87.4 Å². The molecular formula is C43H44ClF5N6O6S. The first kappa shape index (κ1) is 45.8. The van der Waals surface area contributed by atoms with Crippen LogP contribution >= 0.6 is 11.6 Å². The van der Waals surface area contributed by atoms with E-state index in [1.165, 1.54) is 25.3 Å². The third kappa shape index (κ3) is 10.3. The number of nitrogens with one attached hydrogen (secondary N) is 1. The summed E-state index contributed by atoms with van der Waals surface area (Å²) in [5.41, 5.74) is -1.71. The summed E-state index contributed by atoms with van der Waals surface area (Å²) in [5, 5.41) is 6.42. The number of alkyl carbamates (subject to hydrolysis) is 1. The van der Waals surface area contributed by atoms with Crippen LogP contribution in [0.1, 0.15) is 70.1 Å². The second kappa shape index (κ2) is 16.8. The van der Waals surface area contributed by atoms with E-state index in [0.717, 1.165) is 32.8 Å². The van der Waals surface area contributed by atoms with E-state index in [1.807, 2.05) is 20.8 Å². The number of hydrogen-bond donors (Lipinski definition) is 1. The van der Waals surface area contributed by atoms with Gasteiger partial charge in [0.05, 0.1) is 58.5 Å². The number of benzene rings is 4. The SMILES string of the molecule is COc1ccc(CN(c2nn(CC(F)(F)F)c3c(-n4c([C@H](Cc5cc(F)cc(F)c5)NC(=O)OC(C)(C)C)nc5cc(C(C)(C)C)ccc5c4=O)ccc(Cl)c23)S(C)(=O)=O)cc1. The molecule has 330 valence electrons. The van der Waals surface area contributed by atoms with Gasteiger partial charge in [0, 0.05) is 12.5 Å². The first-order valence-corrected chi connectivity index (χ1v) is 21.3. The maximum Gasteiger partial charge on any atom is 0.408 e. The third-order valence-corrected chi connectivity index (χ3v) is 11.0. The Balaban J connectivity index is 1.73. The van der Waals surface area contributed by atoms with Crippen LogP contribution < -0.4 is 19.9 Å². The molecule has 0 saturated heterocycles. The largest absolute Gasteiger partial charge is 0.497 e. The topological polar surface area (TPSA) is 138 Å². The predicted molar refractivity (Wildman–Crippen MR) is 227 cm³/mol. The molecule has 0 aliphatic rings. The monoisotopic (exact) mass is 902 g/mol. The minimum absolute atomic E-state index is 0.0112. The van der Waals surface area contributed by atoms with Gasteiger partial charge in [0.2, 0.25) is 10.0 Å². The Morgan fingerprint density at radius 3 is 2.13 bits per heavy atom. The molecule has 0 aliphatic heterocycles. The zero-order chi connectivity index (χ0) is 45.7. The summed E-state index contributed by atoms with van der Waals surface area (Å²) in [6.07, 6.45) is -5.51. The number of sulfonamides is 1. The Morgan fingerprint density at radius 1 is 0.919 bits per heavy atom. The van der Waals surface area contributed by atoms with Gasteiger partial charge in [0.1, 0.15) is 35.4 Å². The van der Waals surface area contributed by atoms with E-state index in [0.29, 0.717) is 22.1 Å². The fraction of sp³-hybridized carbons (Fsp3) is 0.349. The smallest absolute Gasteiger partial charge is 0.408 e. The van der Waals surface area contributed by atoms with Crippen LogP contribution in [-0.4, -0.2) is 59.0 Å². The quantitative estimate of drug-likeness (QED) is 0.127. The molecule has 12 nitrogen and oxygen atoms in total. The lowest BCUT2D eigenvalue weighted by atomic mass is 9.86. The van der Waals surface area contributed by atoms with Crippen LogP contribution in [0, 0.1) is 11.6 Å². The number of carbonyl (C=O) groups is 1. The fourth-order valence-electron chi connectivity index (χ4n) is 6.89. The van der Waals surface area contributed by atoms with Crippen LogP contribution in [-0.2, 0) is 39.7 Å². The molecule has 6 aromatic rings. The lowest BCUT2D eigenvalue weighted by Gasteiger charge is -2.26. The molecular weight excluding hydrogens is 859 g/mol. The molecule has 6 rings (SSSR count). The van der Waals surface area contributed by atoms with Crippen molar-refractivity contribution < 1.29 is 44.6 Å².